The average molecular weight is 276 g/mol. The average Bonchev–Trinajstić information content (AvgIpc) is 2.28. The van der Waals surface area contributed by atoms with Gasteiger partial charge in [0.2, 0.25) is 0 Å². The molecule has 0 aliphatic rings. The molecule has 0 heterocycles. The molecule has 0 amide bonds. The van der Waals surface area contributed by atoms with Gasteiger partial charge in [-0.15, -0.1) is 0 Å². The van der Waals surface area contributed by atoms with Crippen LogP contribution in [0.1, 0.15) is 12.5 Å². The fraction of sp³-hybridized carbons (Fsp3) is 0.250. The van der Waals surface area contributed by atoms with E-state index < -0.39 is 11.5 Å². The molecule has 0 fully saturated rings. The van der Waals surface area contributed by atoms with E-state index in [1.54, 1.807) is 25.1 Å². The number of esters is 1. The van der Waals surface area contributed by atoms with Gasteiger partial charge in [0.05, 0.1) is 6.61 Å². The molecule has 1 rings (SSSR count). The third kappa shape index (κ3) is 5.27. The Kier molecular flexibility index (Phi) is 5.27. The van der Waals surface area contributed by atoms with Gasteiger partial charge >= 0.3 is 11.5 Å². The van der Waals surface area contributed by atoms with Gasteiger partial charge in [-0.05, 0) is 24.2 Å². The normalized spacial score (nSPS) is 12.3. The van der Waals surface area contributed by atoms with Gasteiger partial charge in [-0.1, -0.05) is 30.3 Å². The zero-order valence-corrected chi connectivity index (χ0v) is 10.3. The summed E-state index contributed by atoms with van der Waals surface area (Å²) in [6, 6.07) is 7.90. The lowest BCUT2D eigenvalue weighted by molar-refractivity contribution is -0.137. The van der Waals surface area contributed by atoms with Crippen LogP contribution in [0.3, 0.4) is 0 Å². The standard InChI is InChI=1S/C12H11F3O2S/c1-2-17-11(16)8-10(18-12(13,14)15)9-6-4-3-5-7-9/h3-8H,2H2,1H3/b10-8+. The minimum Gasteiger partial charge on any atom is -0.463 e. The molecule has 1 aromatic rings. The Morgan fingerprint density at radius 3 is 2.44 bits per heavy atom. The number of hydrogen-bond acceptors (Lipinski definition) is 3. The summed E-state index contributed by atoms with van der Waals surface area (Å²) in [7, 11) is 0. The first kappa shape index (κ1) is 14.6. The summed E-state index contributed by atoms with van der Waals surface area (Å²) in [6.07, 6.45) is 0.858. The van der Waals surface area contributed by atoms with Gasteiger partial charge in [-0.3, -0.25) is 0 Å². The van der Waals surface area contributed by atoms with Crippen LogP contribution >= 0.6 is 11.8 Å². The molecule has 0 saturated heterocycles. The molecule has 0 radical (unpaired) electrons. The van der Waals surface area contributed by atoms with Crippen LogP contribution in [0.2, 0.25) is 0 Å². The van der Waals surface area contributed by atoms with E-state index in [-0.39, 0.29) is 23.3 Å². The molecule has 0 bridgehead atoms. The maximum atomic E-state index is 12.4. The first-order valence-corrected chi connectivity index (χ1v) is 5.93. The molecule has 0 aliphatic carbocycles. The number of carbonyl (C=O) groups is 1. The molecule has 0 unspecified atom stereocenters. The zero-order chi connectivity index (χ0) is 13.6. The van der Waals surface area contributed by atoms with Gasteiger partial charge in [0, 0.05) is 11.0 Å². The monoisotopic (exact) mass is 276 g/mol. The first-order valence-electron chi connectivity index (χ1n) is 5.12. The van der Waals surface area contributed by atoms with E-state index in [0.717, 1.165) is 6.08 Å². The highest BCUT2D eigenvalue weighted by molar-refractivity contribution is 8.09. The highest BCUT2D eigenvalue weighted by Gasteiger charge is 2.31. The Hall–Kier alpha value is -1.43. The molecule has 0 N–H and O–H groups in total. The Morgan fingerprint density at radius 1 is 1.33 bits per heavy atom. The molecule has 6 heteroatoms. The summed E-state index contributed by atoms with van der Waals surface area (Å²) < 4.78 is 41.8. The van der Waals surface area contributed by atoms with E-state index in [0.29, 0.717) is 5.56 Å². The number of benzene rings is 1. The van der Waals surface area contributed by atoms with Gasteiger partial charge in [0.15, 0.2) is 0 Å². The van der Waals surface area contributed by atoms with Crippen molar-refractivity contribution in [3.05, 3.63) is 42.0 Å². The molecule has 0 saturated carbocycles. The maximum Gasteiger partial charge on any atom is 0.446 e. The molecule has 0 atom stereocenters. The summed E-state index contributed by atoms with van der Waals surface area (Å²) in [5.74, 6) is -0.784. The van der Waals surface area contributed by atoms with Crippen molar-refractivity contribution in [3.8, 4) is 0 Å². The van der Waals surface area contributed by atoms with E-state index in [1.165, 1.54) is 12.1 Å². The molecule has 18 heavy (non-hydrogen) atoms. The molecule has 0 spiro atoms. The second kappa shape index (κ2) is 6.49. The number of ether oxygens (including phenoxy) is 1. The zero-order valence-electron chi connectivity index (χ0n) is 9.53. The molecule has 0 aliphatic heterocycles. The van der Waals surface area contributed by atoms with Crippen LogP contribution in [0.4, 0.5) is 13.2 Å². The predicted molar refractivity (Wildman–Crippen MR) is 64.7 cm³/mol. The quantitative estimate of drug-likeness (QED) is 0.617. The topological polar surface area (TPSA) is 26.3 Å². The van der Waals surface area contributed by atoms with E-state index in [1.807, 2.05) is 0 Å². The smallest absolute Gasteiger partial charge is 0.446 e. The Labute approximate surface area is 107 Å². The molecule has 98 valence electrons. The third-order valence-electron chi connectivity index (χ3n) is 1.82. The molecule has 1 aromatic carbocycles. The number of halogens is 3. The van der Waals surface area contributed by atoms with E-state index in [2.05, 4.69) is 4.74 Å². The van der Waals surface area contributed by atoms with E-state index in [4.69, 9.17) is 0 Å². The lowest BCUT2D eigenvalue weighted by Crippen LogP contribution is -2.04. The van der Waals surface area contributed by atoms with Crippen molar-refractivity contribution >= 4 is 22.6 Å². The predicted octanol–water partition coefficient (Wildman–Crippen LogP) is 3.84. The van der Waals surface area contributed by atoms with Crippen LogP contribution in [0.25, 0.3) is 4.91 Å². The molecular weight excluding hydrogens is 265 g/mol. The lowest BCUT2D eigenvalue weighted by atomic mass is 10.2. The highest BCUT2D eigenvalue weighted by Crippen LogP contribution is 2.41. The van der Waals surface area contributed by atoms with Crippen LogP contribution in [0.15, 0.2) is 36.4 Å². The van der Waals surface area contributed by atoms with Crippen LogP contribution < -0.4 is 0 Å². The van der Waals surface area contributed by atoms with Gasteiger partial charge in [-0.2, -0.15) is 13.2 Å². The van der Waals surface area contributed by atoms with Crippen molar-refractivity contribution in [2.45, 2.75) is 12.4 Å². The minimum absolute atomic E-state index is 0.119. The Morgan fingerprint density at radius 2 is 1.94 bits per heavy atom. The van der Waals surface area contributed by atoms with Crippen LogP contribution in [0.5, 0.6) is 0 Å². The molecular formula is C12H11F3O2S. The highest BCUT2D eigenvalue weighted by atomic mass is 32.2. The van der Waals surface area contributed by atoms with Gasteiger partial charge in [0.25, 0.3) is 0 Å². The van der Waals surface area contributed by atoms with E-state index in [9.17, 15) is 18.0 Å². The number of hydrogen-bond donors (Lipinski definition) is 0. The first-order chi connectivity index (χ1) is 8.42. The fourth-order valence-corrected chi connectivity index (χ4v) is 1.85. The van der Waals surface area contributed by atoms with Crippen LogP contribution in [-0.2, 0) is 9.53 Å². The summed E-state index contributed by atoms with van der Waals surface area (Å²) in [5, 5.41) is 0. The van der Waals surface area contributed by atoms with Gasteiger partial charge in [0.1, 0.15) is 0 Å². The van der Waals surface area contributed by atoms with Crippen molar-refractivity contribution < 1.29 is 22.7 Å². The van der Waals surface area contributed by atoms with Crippen molar-refractivity contribution in [1.82, 2.24) is 0 Å². The Balaban J connectivity index is 2.99. The number of thioether (sulfide) groups is 1. The van der Waals surface area contributed by atoms with Crippen molar-refractivity contribution in [2.24, 2.45) is 0 Å². The number of rotatable bonds is 4. The van der Waals surface area contributed by atoms with Gasteiger partial charge < -0.3 is 4.74 Å². The maximum absolute atomic E-state index is 12.4. The van der Waals surface area contributed by atoms with Crippen molar-refractivity contribution in [3.63, 3.8) is 0 Å². The fourth-order valence-electron chi connectivity index (χ4n) is 1.19. The van der Waals surface area contributed by atoms with Gasteiger partial charge in [-0.25, -0.2) is 4.79 Å². The van der Waals surface area contributed by atoms with Crippen molar-refractivity contribution in [2.75, 3.05) is 6.61 Å². The minimum atomic E-state index is -4.45. The lowest BCUT2D eigenvalue weighted by Gasteiger charge is -2.09. The number of alkyl halides is 3. The summed E-state index contributed by atoms with van der Waals surface area (Å²) >= 11 is -0.331. The Bertz CT molecular complexity index is 427. The third-order valence-corrected chi connectivity index (χ3v) is 2.62. The molecule has 2 nitrogen and oxygen atoms in total. The second-order valence-corrected chi connectivity index (χ2v) is 4.28. The van der Waals surface area contributed by atoms with Crippen LogP contribution in [0, 0.1) is 0 Å². The second-order valence-electron chi connectivity index (χ2n) is 3.17. The number of carbonyl (C=O) groups excluding carboxylic acids is 1. The summed E-state index contributed by atoms with van der Waals surface area (Å²) in [5.41, 5.74) is -4.12. The summed E-state index contributed by atoms with van der Waals surface area (Å²) in [4.78, 5) is 11.1. The largest absolute Gasteiger partial charge is 0.463 e. The molecule has 0 aromatic heterocycles. The van der Waals surface area contributed by atoms with Crippen molar-refractivity contribution in [1.29, 1.82) is 0 Å². The van der Waals surface area contributed by atoms with E-state index >= 15 is 0 Å². The SMILES string of the molecule is CCOC(=O)/C=C(/SC(F)(F)F)c1ccccc1. The summed E-state index contributed by atoms with van der Waals surface area (Å²) in [6.45, 7) is 1.71. The van der Waals surface area contributed by atoms with Crippen LogP contribution in [-0.4, -0.2) is 18.1 Å².